The van der Waals surface area contributed by atoms with Gasteiger partial charge in [0.1, 0.15) is 5.82 Å². The molecule has 0 amide bonds. The molecule has 1 heterocycles. The van der Waals surface area contributed by atoms with Gasteiger partial charge in [-0.2, -0.15) is 0 Å². The molecule has 4 heteroatoms. The van der Waals surface area contributed by atoms with Crippen LogP contribution in [0, 0.1) is 19.7 Å². The van der Waals surface area contributed by atoms with Crippen LogP contribution in [-0.4, -0.2) is 18.1 Å². The molecule has 16 heavy (non-hydrogen) atoms. The number of benzene rings is 1. The zero-order chi connectivity index (χ0) is 11.9. The molecule has 2 aromatic rings. The van der Waals surface area contributed by atoms with Gasteiger partial charge in [-0.05, 0) is 19.4 Å². The van der Waals surface area contributed by atoms with E-state index in [-0.39, 0.29) is 5.82 Å². The van der Waals surface area contributed by atoms with Crippen molar-refractivity contribution < 1.29 is 13.9 Å². The van der Waals surface area contributed by atoms with E-state index in [1.165, 1.54) is 7.11 Å². The highest BCUT2D eigenvalue weighted by molar-refractivity contribution is 6.05. The Morgan fingerprint density at radius 3 is 2.69 bits per heavy atom. The van der Waals surface area contributed by atoms with Gasteiger partial charge in [0, 0.05) is 11.1 Å². The molecule has 1 N–H and O–H groups in total. The van der Waals surface area contributed by atoms with Crippen molar-refractivity contribution in [3.63, 3.8) is 0 Å². The lowest BCUT2D eigenvalue weighted by Crippen LogP contribution is -2.02. The summed E-state index contributed by atoms with van der Waals surface area (Å²) in [5.41, 5.74) is 1.92. The van der Waals surface area contributed by atoms with E-state index in [2.05, 4.69) is 9.72 Å². The Hall–Kier alpha value is -1.84. The van der Waals surface area contributed by atoms with Crippen LogP contribution in [0.1, 0.15) is 21.6 Å². The molecule has 3 nitrogen and oxygen atoms in total. The molecule has 1 aromatic heterocycles. The summed E-state index contributed by atoms with van der Waals surface area (Å²) in [6.45, 7) is 3.41. The fourth-order valence-corrected chi connectivity index (χ4v) is 1.83. The summed E-state index contributed by atoms with van der Waals surface area (Å²) in [7, 11) is 1.31. The summed E-state index contributed by atoms with van der Waals surface area (Å²) in [5, 5.41) is 0.562. The summed E-state index contributed by atoms with van der Waals surface area (Å²) < 4.78 is 18.4. The molecule has 0 fully saturated rings. The maximum atomic E-state index is 13.8. The average Bonchev–Trinajstić information content (AvgIpc) is 2.60. The first-order chi connectivity index (χ1) is 7.56. The molecular weight excluding hydrogens is 209 g/mol. The fraction of sp³-hybridized carbons (Fsp3) is 0.250. The minimum atomic E-state index is -0.452. The molecule has 0 aliphatic heterocycles. The summed E-state index contributed by atoms with van der Waals surface area (Å²) in [4.78, 5) is 14.4. The van der Waals surface area contributed by atoms with E-state index in [0.29, 0.717) is 27.7 Å². The monoisotopic (exact) mass is 221 g/mol. The molecule has 2 rings (SSSR count). The maximum Gasteiger partial charge on any atom is 0.340 e. The van der Waals surface area contributed by atoms with Gasteiger partial charge in [-0.3, -0.25) is 0 Å². The van der Waals surface area contributed by atoms with Crippen LogP contribution in [0.25, 0.3) is 10.9 Å². The van der Waals surface area contributed by atoms with Crippen molar-refractivity contribution in [2.45, 2.75) is 13.8 Å². The minimum absolute atomic E-state index is 0.323. The van der Waals surface area contributed by atoms with E-state index < -0.39 is 5.97 Å². The number of hydrogen-bond acceptors (Lipinski definition) is 2. The average molecular weight is 221 g/mol. The second-order valence-electron chi connectivity index (χ2n) is 3.74. The van der Waals surface area contributed by atoms with Gasteiger partial charge in [0.2, 0.25) is 0 Å². The van der Waals surface area contributed by atoms with Crippen molar-refractivity contribution in [1.29, 1.82) is 0 Å². The Bertz CT molecular complexity index is 572. The lowest BCUT2D eigenvalue weighted by atomic mass is 10.1. The van der Waals surface area contributed by atoms with Crippen molar-refractivity contribution in [1.82, 2.24) is 4.98 Å². The lowest BCUT2D eigenvalue weighted by Gasteiger charge is -1.99. The Labute approximate surface area is 92.2 Å². The summed E-state index contributed by atoms with van der Waals surface area (Å²) in [6, 6.07) is 3.38. The summed E-state index contributed by atoms with van der Waals surface area (Å²) in [6.07, 6.45) is 0. The zero-order valence-corrected chi connectivity index (χ0v) is 9.35. The van der Waals surface area contributed by atoms with Gasteiger partial charge < -0.3 is 9.72 Å². The normalized spacial score (nSPS) is 10.8. The predicted molar refractivity (Wildman–Crippen MR) is 59.1 cm³/mol. The van der Waals surface area contributed by atoms with Crippen LogP contribution in [0.15, 0.2) is 12.1 Å². The van der Waals surface area contributed by atoms with E-state index in [9.17, 15) is 9.18 Å². The maximum absolute atomic E-state index is 13.8. The van der Waals surface area contributed by atoms with Crippen molar-refractivity contribution >= 4 is 16.9 Å². The van der Waals surface area contributed by atoms with E-state index >= 15 is 0 Å². The van der Waals surface area contributed by atoms with Crippen molar-refractivity contribution in [2.75, 3.05) is 7.11 Å². The first-order valence-electron chi connectivity index (χ1n) is 4.92. The first-order valence-corrected chi connectivity index (χ1v) is 4.92. The van der Waals surface area contributed by atoms with Gasteiger partial charge in [0.25, 0.3) is 0 Å². The van der Waals surface area contributed by atoms with Crippen molar-refractivity contribution in [2.24, 2.45) is 0 Å². The van der Waals surface area contributed by atoms with E-state index in [1.807, 2.05) is 0 Å². The van der Waals surface area contributed by atoms with Crippen LogP contribution < -0.4 is 0 Å². The molecule has 0 atom stereocenters. The molecule has 0 aliphatic carbocycles. The second kappa shape index (κ2) is 3.63. The van der Waals surface area contributed by atoms with E-state index in [0.717, 1.165) is 0 Å². The number of rotatable bonds is 1. The highest BCUT2D eigenvalue weighted by Crippen LogP contribution is 2.26. The molecule has 0 bridgehead atoms. The number of carbonyl (C=O) groups excluding carboxylic acids is 1. The first kappa shape index (κ1) is 10.7. The molecule has 0 aliphatic rings. The van der Waals surface area contributed by atoms with Gasteiger partial charge in [0.05, 0.1) is 18.2 Å². The number of aromatic nitrogens is 1. The number of methoxy groups -OCH3 is 1. The highest BCUT2D eigenvalue weighted by Gasteiger charge is 2.18. The van der Waals surface area contributed by atoms with Crippen LogP contribution in [0.4, 0.5) is 4.39 Å². The van der Waals surface area contributed by atoms with E-state index in [1.54, 1.807) is 26.0 Å². The molecule has 0 unspecified atom stereocenters. The third kappa shape index (κ3) is 1.38. The molecule has 1 aromatic carbocycles. The zero-order valence-electron chi connectivity index (χ0n) is 9.35. The number of ether oxygens (including phenoxy) is 1. The molecule has 0 saturated carbocycles. The number of aryl methyl sites for hydroxylation is 2. The largest absolute Gasteiger partial charge is 0.465 e. The van der Waals surface area contributed by atoms with Crippen LogP contribution >= 0.6 is 0 Å². The number of aromatic amines is 1. The van der Waals surface area contributed by atoms with Gasteiger partial charge in [0.15, 0.2) is 0 Å². The minimum Gasteiger partial charge on any atom is -0.465 e. The molecule has 84 valence electrons. The third-order valence-electron chi connectivity index (χ3n) is 2.68. The molecule has 0 saturated heterocycles. The predicted octanol–water partition coefficient (Wildman–Crippen LogP) is 2.71. The topological polar surface area (TPSA) is 42.1 Å². The van der Waals surface area contributed by atoms with Gasteiger partial charge in [-0.1, -0.05) is 12.1 Å². The third-order valence-corrected chi connectivity index (χ3v) is 2.68. The van der Waals surface area contributed by atoms with Crippen LogP contribution in [0.5, 0.6) is 0 Å². The fourth-order valence-electron chi connectivity index (χ4n) is 1.83. The smallest absolute Gasteiger partial charge is 0.340 e. The van der Waals surface area contributed by atoms with Crippen LogP contribution in [0.3, 0.4) is 0 Å². The number of hydrogen-bond donors (Lipinski definition) is 1. The Kier molecular flexibility index (Phi) is 2.42. The van der Waals surface area contributed by atoms with Gasteiger partial charge in [-0.25, -0.2) is 9.18 Å². The number of halogens is 1. The second-order valence-corrected chi connectivity index (χ2v) is 3.74. The molecule has 0 radical (unpaired) electrons. The van der Waals surface area contributed by atoms with Gasteiger partial charge in [-0.15, -0.1) is 0 Å². The van der Waals surface area contributed by atoms with E-state index in [4.69, 9.17) is 0 Å². The van der Waals surface area contributed by atoms with Crippen LogP contribution in [0.2, 0.25) is 0 Å². The van der Waals surface area contributed by atoms with Crippen molar-refractivity contribution in [3.8, 4) is 0 Å². The quantitative estimate of drug-likeness (QED) is 0.752. The highest BCUT2D eigenvalue weighted by atomic mass is 19.1. The Balaban J connectivity index is 2.82. The Morgan fingerprint density at radius 2 is 2.06 bits per heavy atom. The lowest BCUT2D eigenvalue weighted by molar-refractivity contribution is 0.0602. The Morgan fingerprint density at radius 1 is 1.38 bits per heavy atom. The summed E-state index contributed by atoms with van der Waals surface area (Å²) in [5.74, 6) is -0.775. The number of carbonyl (C=O) groups is 1. The number of esters is 1. The summed E-state index contributed by atoms with van der Waals surface area (Å²) >= 11 is 0. The van der Waals surface area contributed by atoms with Crippen molar-refractivity contribution in [3.05, 3.63) is 34.8 Å². The van der Waals surface area contributed by atoms with Crippen LogP contribution in [-0.2, 0) is 4.74 Å². The number of fused-ring (bicyclic) bond motifs is 1. The molecular formula is C12H12FNO2. The number of nitrogens with one attached hydrogen (secondary N) is 1. The standard InChI is InChI=1S/C12H12FNO2/c1-6-4-5-8-9(12(15)16-3)7(2)14-11(8)10(6)13/h4-5,14H,1-3H3. The van der Waals surface area contributed by atoms with Gasteiger partial charge >= 0.3 is 5.97 Å². The SMILES string of the molecule is COC(=O)c1c(C)[nH]c2c(F)c(C)ccc12. The number of H-pyrrole nitrogens is 1. The molecule has 0 spiro atoms.